The fraction of sp³-hybridized carbons (Fsp3) is 0.458. The number of nitrogens with one attached hydrogen (secondary N) is 1. The average molecular weight is 565 g/mol. The maximum absolute atomic E-state index is 13.1. The minimum atomic E-state index is -0.0873. The molecule has 1 N–H and O–H groups in total. The zero-order chi connectivity index (χ0) is 23.7. The lowest BCUT2D eigenvalue weighted by molar-refractivity contribution is -0.123. The van der Waals surface area contributed by atoms with Crippen LogP contribution in [0.25, 0.3) is 17.0 Å². The van der Waals surface area contributed by atoms with Crippen LogP contribution in [0.5, 0.6) is 0 Å². The second kappa shape index (κ2) is 10.5. The summed E-state index contributed by atoms with van der Waals surface area (Å²) in [6, 6.07) is 5.94. The van der Waals surface area contributed by atoms with Gasteiger partial charge < -0.3 is 19.4 Å². The van der Waals surface area contributed by atoms with Crippen LogP contribution in [0.15, 0.2) is 33.8 Å². The Morgan fingerprint density at radius 2 is 2.00 bits per heavy atom. The molecule has 34 heavy (non-hydrogen) atoms. The summed E-state index contributed by atoms with van der Waals surface area (Å²) in [7, 11) is 0. The van der Waals surface area contributed by atoms with E-state index in [0.717, 1.165) is 59.8 Å². The van der Waals surface area contributed by atoms with E-state index < -0.39 is 0 Å². The molecular weight excluding hydrogens is 538 g/mol. The summed E-state index contributed by atoms with van der Waals surface area (Å²) < 4.78 is 14.7. The van der Waals surface area contributed by atoms with E-state index in [9.17, 15) is 9.59 Å². The molecule has 3 aliphatic rings. The van der Waals surface area contributed by atoms with Gasteiger partial charge in [0.1, 0.15) is 10.9 Å². The lowest BCUT2D eigenvalue weighted by Gasteiger charge is -2.18. The molecule has 0 bridgehead atoms. The van der Waals surface area contributed by atoms with E-state index in [4.69, 9.17) is 21.7 Å². The summed E-state index contributed by atoms with van der Waals surface area (Å²) in [6.45, 7) is 2.73. The van der Waals surface area contributed by atoms with Gasteiger partial charge in [0.15, 0.2) is 0 Å². The zero-order valence-electron chi connectivity index (χ0n) is 18.6. The number of nitrogens with zero attached hydrogens (tertiary/aromatic N) is 2. The minimum Gasteiger partial charge on any atom is -0.376 e. The molecule has 1 aromatic heterocycles. The van der Waals surface area contributed by atoms with Crippen LogP contribution in [0.3, 0.4) is 0 Å². The van der Waals surface area contributed by atoms with Crippen molar-refractivity contribution in [3.63, 3.8) is 0 Å². The monoisotopic (exact) mass is 563 g/mol. The van der Waals surface area contributed by atoms with Crippen molar-refractivity contribution in [2.75, 3.05) is 26.3 Å². The number of benzene rings is 1. The molecule has 2 atom stereocenters. The maximum atomic E-state index is 13.1. The van der Waals surface area contributed by atoms with Gasteiger partial charge in [-0.25, -0.2) is 0 Å². The molecular formula is C24H26BrN3O4S2. The standard InChI is InChI=1S/C24H26BrN3O4S2/c25-16-5-6-20-19(10-16)15(12-27(20)14-22(29)26-11-17-3-1-7-31-17)9-21-23(30)28(24(33)34-21)13-18-4-2-8-32-18/h5-6,9-10,12,17-18H,1-4,7-8,11,13-14H2,(H,26,29)/b21-9-/t17-,18-/m1/s1. The Labute approximate surface area is 216 Å². The first-order chi connectivity index (χ1) is 16.5. The molecule has 2 amide bonds. The van der Waals surface area contributed by atoms with Gasteiger partial charge in [-0.3, -0.25) is 14.5 Å². The number of ether oxygens (including phenoxy) is 2. The van der Waals surface area contributed by atoms with Crippen molar-refractivity contribution in [3.05, 3.63) is 39.3 Å². The van der Waals surface area contributed by atoms with E-state index in [-0.39, 0.29) is 30.6 Å². The third kappa shape index (κ3) is 5.26. The Morgan fingerprint density at radius 3 is 2.74 bits per heavy atom. The molecule has 4 heterocycles. The summed E-state index contributed by atoms with van der Waals surface area (Å²) in [5.41, 5.74) is 1.80. The smallest absolute Gasteiger partial charge is 0.266 e. The highest BCUT2D eigenvalue weighted by atomic mass is 79.9. The maximum Gasteiger partial charge on any atom is 0.266 e. The number of halogens is 1. The Morgan fingerprint density at radius 1 is 1.24 bits per heavy atom. The first kappa shape index (κ1) is 24.0. The summed E-state index contributed by atoms with van der Waals surface area (Å²) in [5.74, 6) is -0.152. The van der Waals surface area contributed by atoms with Gasteiger partial charge in [0, 0.05) is 46.9 Å². The number of rotatable bonds is 7. The number of thiocarbonyl (C=S) groups is 1. The highest BCUT2D eigenvalue weighted by molar-refractivity contribution is 9.10. The van der Waals surface area contributed by atoms with Crippen molar-refractivity contribution in [1.82, 2.24) is 14.8 Å². The van der Waals surface area contributed by atoms with E-state index in [1.807, 2.05) is 35.0 Å². The summed E-state index contributed by atoms with van der Waals surface area (Å²) in [5, 5.41) is 3.94. The molecule has 0 saturated carbocycles. The molecule has 0 aliphatic carbocycles. The number of fused-ring (bicyclic) bond motifs is 1. The van der Waals surface area contributed by atoms with Gasteiger partial charge >= 0.3 is 0 Å². The predicted molar refractivity (Wildman–Crippen MR) is 140 cm³/mol. The molecule has 0 spiro atoms. The number of hydrogen-bond acceptors (Lipinski definition) is 6. The van der Waals surface area contributed by atoms with E-state index in [1.165, 1.54) is 11.8 Å². The molecule has 5 rings (SSSR count). The fourth-order valence-corrected chi connectivity index (χ4v) is 6.20. The van der Waals surface area contributed by atoms with Crippen molar-refractivity contribution < 1.29 is 19.1 Å². The van der Waals surface area contributed by atoms with Crippen LogP contribution < -0.4 is 5.32 Å². The number of carbonyl (C=O) groups excluding carboxylic acids is 2. The van der Waals surface area contributed by atoms with Gasteiger partial charge in [0.05, 0.1) is 23.7 Å². The number of carbonyl (C=O) groups is 2. The summed E-state index contributed by atoms with van der Waals surface area (Å²) in [4.78, 5) is 28.0. The first-order valence-corrected chi connectivity index (χ1v) is 13.5. The molecule has 3 saturated heterocycles. The number of hydrogen-bond donors (Lipinski definition) is 1. The van der Waals surface area contributed by atoms with Crippen LogP contribution in [-0.2, 0) is 25.6 Å². The minimum absolute atomic E-state index is 0.0489. The molecule has 0 unspecified atom stereocenters. The van der Waals surface area contributed by atoms with Crippen LogP contribution >= 0.6 is 39.9 Å². The van der Waals surface area contributed by atoms with Crippen LogP contribution in [0.4, 0.5) is 0 Å². The van der Waals surface area contributed by atoms with Crippen LogP contribution in [0.1, 0.15) is 31.2 Å². The normalized spacial score (nSPS) is 24.1. The quantitative estimate of drug-likeness (QED) is 0.404. The number of thioether (sulfide) groups is 1. The highest BCUT2D eigenvalue weighted by Crippen LogP contribution is 2.35. The molecule has 2 aromatic rings. The number of aromatic nitrogens is 1. The molecule has 7 nitrogen and oxygen atoms in total. The van der Waals surface area contributed by atoms with Crippen LogP contribution in [0, 0.1) is 0 Å². The number of amides is 2. The van der Waals surface area contributed by atoms with Gasteiger partial charge in [-0.1, -0.05) is 39.9 Å². The summed E-state index contributed by atoms with van der Waals surface area (Å²) in [6.07, 6.45) is 7.95. The Bertz CT molecular complexity index is 1150. The van der Waals surface area contributed by atoms with Gasteiger partial charge in [-0.2, -0.15) is 0 Å². The SMILES string of the molecule is O=C(Cn1cc(/C=C2\SC(=S)N(C[C@H]3CCCO3)C2=O)c2cc(Br)ccc21)NC[C@H]1CCCO1. The lowest BCUT2D eigenvalue weighted by Crippen LogP contribution is -2.35. The molecule has 0 radical (unpaired) electrons. The van der Waals surface area contributed by atoms with Gasteiger partial charge in [0.2, 0.25) is 5.91 Å². The predicted octanol–water partition coefficient (Wildman–Crippen LogP) is 4.08. The third-order valence-corrected chi connectivity index (χ3v) is 8.18. The van der Waals surface area contributed by atoms with Crippen molar-refractivity contribution >= 4 is 73.0 Å². The molecule has 3 aliphatic heterocycles. The Balaban J connectivity index is 1.36. The second-order valence-corrected chi connectivity index (χ2v) is 11.3. The highest BCUT2D eigenvalue weighted by Gasteiger charge is 2.34. The van der Waals surface area contributed by atoms with Crippen molar-refractivity contribution in [2.45, 2.75) is 44.4 Å². The van der Waals surface area contributed by atoms with Gasteiger partial charge in [-0.05, 0) is 50.0 Å². The third-order valence-electron chi connectivity index (χ3n) is 6.31. The zero-order valence-corrected chi connectivity index (χ0v) is 21.8. The average Bonchev–Trinajstić information content (AvgIpc) is 3.60. The first-order valence-electron chi connectivity index (χ1n) is 11.5. The Kier molecular flexibility index (Phi) is 7.41. The summed E-state index contributed by atoms with van der Waals surface area (Å²) >= 11 is 10.4. The van der Waals surface area contributed by atoms with E-state index >= 15 is 0 Å². The van der Waals surface area contributed by atoms with Gasteiger partial charge in [0.25, 0.3) is 5.91 Å². The van der Waals surface area contributed by atoms with E-state index in [2.05, 4.69) is 21.2 Å². The topological polar surface area (TPSA) is 72.8 Å². The van der Waals surface area contributed by atoms with Gasteiger partial charge in [-0.15, -0.1) is 0 Å². The Hall–Kier alpha value is -1.72. The van der Waals surface area contributed by atoms with E-state index in [1.54, 1.807) is 4.90 Å². The molecule has 180 valence electrons. The second-order valence-electron chi connectivity index (χ2n) is 8.74. The molecule has 3 fully saturated rings. The van der Waals surface area contributed by atoms with Crippen molar-refractivity contribution in [1.29, 1.82) is 0 Å². The molecule has 10 heteroatoms. The lowest BCUT2D eigenvalue weighted by atomic mass is 10.1. The fourth-order valence-electron chi connectivity index (χ4n) is 4.58. The van der Waals surface area contributed by atoms with Crippen LogP contribution in [0.2, 0.25) is 0 Å². The van der Waals surface area contributed by atoms with Crippen LogP contribution in [-0.4, -0.2) is 64.1 Å². The van der Waals surface area contributed by atoms with Crippen molar-refractivity contribution in [2.24, 2.45) is 0 Å². The van der Waals surface area contributed by atoms with Crippen molar-refractivity contribution in [3.8, 4) is 0 Å². The van der Waals surface area contributed by atoms with E-state index in [0.29, 0.717) is 22.3 Å². The largest absolute Gasteiger partial charge is 0.376 e. The molecule has 1 aromatic carbocycles.